The van der Waals surface area contributed by atoms with Gasteiger partial charge in [0.25, 0.3) is 0 Å². The van der Waals surface area contributed by atoms with Crippen molar-refractivity contribution in [1.29, 1.82) is 0 Å². The van der Waals surface area contributed by atoms with Crippen LogP contribution in [-0.4, -0.2) is 43.7 Å². The average Bonchev–Trinajstić information content (AvgIpc) is 3.40. The molecule has 0 aliphatic heterocycles. The number of rotatable bonds is 5. The second-order valence-electron chi connectivity index (χ2n) is 8.43. The van der Waals surface area contributed by atoms with E-state index >= 15 is 0 Å². The zero-order chi connectivity index (χ0) is 23.2. The first-order chi connectivity index (χ1) is 15.9. The van der Waals surface area contributed by atoms with E-state index in [0.717, 1.165) is 25.7 Å². The number of carbonyl (C=O) groups is 1. The summed E-state index contributed by atoms with van der Waals surface area (Å²) < 4.78 is 16.9. The van der Waals surface area contributed by atoms with Crippen LogP contribution in [0.5, 0.6) is 0 Å². The van der Waals surface area contributed by atoms with Crippen LogP contribution in [0.25, 0.3) is 27.6 Å². The van der Waals surface area contributed by atoms with E-state index in [1.54, 1.807) is 30.2 Å². The van der Waals surface area contributed by atoms with Crippen LogP contribution in [0.4, 0.5) is 10.3 Å². The van der Waals surface area contributed by atoms with E-state index in [9.17, 15) is 9.18 Å². The van der Waals surface area contributed by atoms with E-state index in [2.05, 4.69) is 48.6 Å². The maximum absolute atomic E-state index is 14.7. The lowest BCUT2D eigenvalue weighted by molar-refractivity contribution is -0.130. The highest BCUT2D eigenvalue weighted by atomic mass is 79.9. The molecule has 0 radical (unpaired) electrons. The summed E-state index contributed by atoms with van der Waals surface area (Å²) >= 11 is 3.46. The molecular weight excluding hydrogens is 489 g/mol. The molecule has 10 heteroatoms. The molecule has 4 aromatic rings. The zero-order valence-electron chi connectivity index (χ0n) is 18.3. The maximum atomic E-state index is 14.7. The number of pyridine rings is 1. The molecule has 1 amide bonds. The van der Waals surface area contributed by atoms with Crippen LogP contribution in [0.15, 0.2) is 41.3 Å². The molecule has 2 N–H and O–H groups in total. The van der Waals surface area contributed by atoms with Gasteiger partial charge in [-0.25, -0.2) is 14.1 Å². The van der Waals surface area contributed by atoms with Crippen molar-refractivity contribution in [1.82, 2.24) is 30.0 Å². The summed E-state index contributed by atoms with van der Waals surface area (Å²) in [4.78, 5) is 25.7. The number of nitrogens with zero attached hydrogens (tertiary/aromatic N) is 5. The second kappa shape index (κ2) is 8.33. The normalized spacial score (nSPS) is 20.4. The number of hydrogen-bond donors (Lipinski definition) is 2. The fourth-order valence-electron chi connectivity index (χ4n) is 4.76. The van der Waals surface area contributed by atoms with Crippen molar-refractivity contribution in [2.45, 2.75) is 38.6 Å². The van der Waals surface area contributed by atoms with Crippen molar-refractivity contribution < 1.29 is 9.18 Å². The largest absolute Gasteiger partial charge is 0.359 e. The van der Waals surface area contributed by atoms with Crippen LogP contribution in [0.1, 0.15) is 32.6 Å². The maximum Gasteiger partial charge on any atom is 0.226 e. The Morgan fingerprint density at radius 2 is 2.21 bits per heavy atom. The third kappa shape index (κ3) is 3.72. The van der Waals surface area contributed by atoms with Gasteiger partial charge in [-0.3, -0.25) is 9.78 Å². The van der Waals surface area contributed by atoms with Gasteiger partial charge in [0.1, 0.15) is 10.1 Å². The standard InChI is InChI=1S/C23H23BrFN7O/c1-3-23(21(33)26-2)7-6-14(11-23)29-22-28-12-16-19(24)31-32(20(16)30-22)15-9-13-5-4-8-27-18(13)17(25)10-15/h4-5,8-10,12,14H,3,6-7,11H2,1-2H3,(H,26,33)(H,28,29,30)/t14-,23-/m1/s1. The highest BCUT2D eigenvalue weighted by Gasteiger charge is 2.43. The average molecular weight is 512 g/mol. The SMILES string of the molecule is CC[C@@]1(C(=O)NC)CC[C@@H](Nc2ncc3c(Br)nn(-c4cc(F)c5ncccc5c4)c3n2)C1. The lowest BCUT2D eigenvalue weighted by atomic mass is 9.82. The van der Waals surface area contributed by atoms with Gasteiger partial charge in [0, 0.05) is 36.9 Å². The molecule has 33 heavy (non-hydrogen) atoms. The Kier molecular flexibility index (Phi) is 5.48. The summed E-state index contributed by atoms with van der Waals surface area (Å²) in [5.74, 6) is 0.111. The summed E-state index contributed by atoms with van der Waals surface area (Å²) in [5, 5.41) is 12.1. The monoisotopic (exact) mass is 511 g/mol. The molecule has 0 spiro atoms. The molecule has 1 aliphatic rings. The van der Waals surface area contributed by atoms with Crippen LogP contribution < -0.4 is 10.6 Å². The van der Waals surface area contributed by atoms with Gasteiger partial charge in [0.2, 0.25) is 11.9 Å². The fourth-order valence-corrected chi connectivity index (χ4v) is 5.20. The van der Waals surface area contributed by atoms with Crippen LogP contribution in [-0.2, 0) is 4.79 Å². The molecule has 1 fully saturated rings. The van der Waals surface area contributed by atoms with E-state index in [1.165, 1.54) is 6.07 Å². The number of carbonyl (C=O) groups excluding carboxylic acids is 1. The fraction of sp³-hybridized carbons (Fsp3) is 0.348. The molecule has 5 rings (SSSR count). The number of amides is 1. The molecular formula is C23H23BrFN7O. The Hall–Kier alpha value is -3.14. The summed E-state index contributed by atoms with van der Waals surface area (Å²) in [6.07, 6.45) is 6.43. The smallest absolute Gasteiger partial charge is 0.226 e. The van der Waals surface area contributed by atoms with Gasteiger partial charge in [-0.2, -0.15) is 10.1 Å². The number of halogens is 2. The van der Waals surface area contributed by atoms with E-state index in [-0.39, 0.29) is 17.4 Å². The highest BCUT2D eigenvalue weighted by molar-refractivity contribution is 9.10. The van der Waals surface area contributed by atoms with Gasteiger partial charge in [-0.1, -0.05) is 13.0 Å². The lowest BCUT2D eigenvalue weighted by Crippen LogP contribution is -2.37. The topological polar surface area (TPSA) is 97.6 Å². The van der Waals surface area contributed by atoms with Crippen molar-refractivity contribution in [3.8, 4) is 5.69 Å². The Morgan fingerprint density at radius 1 is 1.36 bits per heavy atom. The van der Waals surface area contributed by atoms with E-state index in [0.29, 0.717) is 38.2 Å². The molecule has 8 nitrogen and oxygen atoms in total. The Labute approximate surface area is 198 Å². The third-order valence-corrected chi connectivity index (χ3v) is 7.18. The molecule has 170 valence electrons. The number of anilines is 1. The van der Waals surface area contributed by atoms with Gasteiger partial charge in [0.05, 0.1) is 16.5 Å². The Balaban J connectivity index is 1.49. The number of nitrogens with one attached hydrogen (secondary N) is 2. The van der Waals surface area contributed by atoms with Gasteiger partial charge in [-0.05, 0) is 53.7 Å². The van der Waals surface area contributed by atoms with E-state index in [1.807, 2.05) is 12.1 Å². The lowest BCUT2D eigenvalue weighted by Gasteiger charge is -2.25. The molecule has 1 aromatic carbocycles. The Bertz CT molecular complexity index is 1370. The summed E-state index contributed by atoms with van der Waals surface area (Å²) in [6.45, 7) is 2.05. The van der Waals surface area contributed by atoms with Crippen LogP contribution in [0.2, 0.25) is 0 Å². The van der Waals surface area contributed by atoms with Crippen LogP contribution >= 0.6 is 15.9 Å². The van der Waals surface area contributed by atoms with E-state index in [4.69, 9.17) is 4.98 Å². The van der Waals surface area contributed by atoms with E-state index < -0.39 is 5.82 Å². The molecule has 1 saturated carbocycles. The first-order valence-electron chi connectivity index (χ1n) is 10.9. The van der Waals surface area contributed by atoms with Crippen molar-refractivity contribution in [2.24, 2.45) is 5.41 Å². The minimum atomic E-state index is -0.425. The van der Waals surface area contributed by atoms with Crippen LogP contribution in [0, 0.1) is 11.2 Å². The van der Waals surface area contributed by atoms with Crippen molar-refractivity contribution in [2.75, 3.05) is 12.4 Å². The predicted octanol–water partition coefficient (Wildman–Crippen LogP) is 4.37. The molecule has 0 bridgehead atoms. The number of benzene rings is 1. The first kappa shape index (κ1) is 21.7. The van der Waals surface area contributed by atoms with Crippen molar-refractivity contribution in [3.05, 3.63) is 47.1 Å². The quantitative estimate of drug-likeness (QED) is 0.412. The molecule has 3 aromatic heterocycles. The predicted molar refractivity (Wildman–Crippen MR) is 128 cm³/mol. The Morgan fingerprint density at radius 3 is 3.00 bits per heavy atom. The minimum Gasteiger partial charge on any atom is -0.359 e. The molecule has 0 saturated heterocycles. The molecule has 0 unspecified atom stereocenters. The van der Waals surface area contributed by atoms with Crippen molar-refractivity contribution in [3.63, 3.8) is 0 Å². The first-order valence-corrected chi connectivity index (χ1v) is 11.7. The van der Waals surface area contributed by atoms with Gasteiger partial charge in [-0.15, -0.1) is 0 Å². The molecule has 3 heterocycles. The van der Waals surface area contributed by atoms with Gasteiger partial charge < -0.3 is 10.6 Å². The van der Waals surface area contributed by atoms with Gasteiger partial charge >= 0.3 is 0 Å². The highest BCUT2D eigenvalue weighted by Crippen LogP contribution is 2.42. The molecule has 1 aliphatic carbocycles. The third-order valence-electron chi connectivity index (χ3n) is 6.59. The minimum absolute atomic E-state index is 0.0838. The van der Waals surface area contributed by atoms with Gasteiger partial charge in [0.15, 0.2) is 11.5 Å². The summed E-state index contributed by atoms with van der Waals surface area (Å²) in [6, 6.07) is 6.89. The summed E-state index contributed by atoms with van der Waals surface area (Å²) in [7, 11) is 1.68. The molecule has 2 atom stereocenters. The van der Waals surface area contributed by atoms with Crippen molar-refractivity contribution >= 4 is 49.7 Å². The summed E-state index contributed by atoms with van der Waals surface area (Å²) in [5.41, 5.74) is 1.04. The number of fused-ring (bicyclic) bond motifs is 2. The zero-order valence-corrected chi connectivity index (χ0v) is 19.9. The number of aromatic nitrogens is 5. The van der Waals surface area contributed by atoms with Crippen LogP contribution in [0.3, 0.4) is 0 Å². The second-order valence-corrected chi connectivity index (χ2v) is 9.18. The number of hydrogen-bond acceptors (Lipinski definition) is 6.